The zero-order valence-corrected chi connectivity index (χ0v) is 12.3. The van der Waals surface area contributed by atoms with E-state index in [-0.39, 0.29) is 4.90 Å². The number of hydrogen-bond acceptors (Lipinski definition) is 5. The van der Waals surface area contributed by atoms with E-state index in [1.54, 1.807) is 13.0 Å². The van der Waals surface area contributed by atoms with Gasteiger partial charge in [-0.25, -0.2) is 8.42 Å². The average Bonchev–Trinajstić information content (AvgIpc) is 2.99. The van der Waals surface area contributed by atoms with Crippen LogP contribution in [0.3, 0.4) is 0 Å². The van der Waals surface area contributed by atoms with Gasteiger partial charge in [-0.2, -0.15) is 5.10 Å². The Bertz CT molecular complexity index is 646. The van der Waals surface area contributed by atoms with Crippen LogP contribution in [0, 0.1) is 6.92 Å². The molecule has 2 rings (SSSR count). The molecule has 0 amide bonds. The highest BCUT2D eigenvalue weighted by Gasteiger charge is 2.21. The Balaban J connectivity index is 2.15. The van der Waals surface area contributed by atoms with Crippen LogP contribution in [0.1, 0.15) is 24.9 Å². The van der Waals surface area contributed by atoms with Gasteiger partial charge < -0.3 is 9.73 Å². The molecule has 0 unspecified atom stereocenters. The fourth-order valence-corrected chi connectivity index (χ4v) is 3.02. The number of nitrogens with one attached hydrogen (secondary N) is 3. The fraction of sp³-hybridized carbons (Fsp3) is 0.417. The van der Waals surface area contributed by atoms with Gasteiger partial charge in [-0.1, -0.05) is 6.92 Å². The molecule has 8 heteroatoms. The third-order valence-electron chi connectivity index (χ3n) is 2.69. The molecule has 0 spiro atoms. The molecular formula is C12H18N4O3S. The Morgan fingerprint density at radius 1 is 1.45 bits per heavy atom. The van der Waals surface area contributed by atoms with E-state index >= 15 is 0 Å². The summed E-state index contributed by atoms with van der Waals surface area (Å²) < 4.78 is 32.4. The summed E-state index contributed by atoms with van der Waals surface area (Å²) in [6.07, 6.45) is 3.88. The van der Waals surface area contributed by atoms with Gasteiger partial charge in [-0.3, -0.25) is 9.82 Å². The van der Waals surface area contributed by atoms with Crippen molar-refractivity contribution in [3.05, 3.63) is 30.0 Å². The van der Waals surface area contributed by atoms with Crippen molar-refractivity contribution in [3.8, 4) is 0 Å². The molecule has 0 aromatic carbocycles. The number of nitrogens with zero attached hydrogens (tertiary/aromatic N) is 1. The molecule has 3 N–H and O–H groups in total. The van der Waals surface area contributed by atoms with E-state index in [1.165, 1.54) is 12.4 Å². The molecule has 2 heterocycles. The van der Waals surface area contributed by atoms with Crippen LogP contribution < -0.4 is 10.0 Å². The molecule has 2 aromatic heterocycles. The minimum atomic E-state index is -3.66. The number of H-pyrrole nitrogens is 1. The van der Waals surface area contributed by atoms with E-state index in [4.69, 9.17) is 4.42 Å². The van der Waals surface area contributed by atoms with Crippen molar-refractivity contribution in [2.24, 2.45) is 0 Å². The molecule has 0 atom stereocenters. The average molecular weight is 298 g/mol. The third kappa shape index (κ3) is 3.40. The molecule has 2 aromatic rings. The van der Waals surface area contributed by atoms with Gasteiger partial charge in [0.15, 0.2) is 0 Å². The number of anilines is 1. The minimum Gasteiger partial charge on any atom is -0.464 e. The Kier molecular flexibility index (Phi) is 4.46. The number of rotatable bonds is 7. The van der Waals surface area contributed by atoms with Gasteiger partial charge >= 0.3 is 0 Å². The standard InChI is InChI=1S/C12H18N4O3S/c1-3-4-13-8-11-5-12(9(2)19-11)20(17,18)16-10-6-14-15-7-10/h5-7,13,16H,3-4,8H2,1-2H3,(H,14,15). The van der Waals surface area contributed by atoms with Crippen LogP contribution in [0.25, 0.3) is 0 Å². The summed E-state index contributed by atoms with van der Waals surface area (Å²) >= 11 is 0. The lowest BCUT2D eigenvalue weighted by molar-refractivity contribution is 0.457. The van der Waals surface area contributed by atoms with Crippen molar-refractivity contribution < 1.29 is 12.8 Å². The Morgan fingerprint density at radius 3 is 2.90 bits per heavy atom. The number of hydrogen-bond donors (Lipinski definition) is 3. The molecule has 0 aliphatic carbocycles. The monoisotopic (exact) mass is 298 g/mol. The highest BCUT2D eigenvalue weighted by Crippen LogP contribution is 2.22. The normalized spacial score (nSPS) is 11.7. The first-order chi connectivity index (χ1) is 9.53. The molecule has 0 aliphatic rings. The van der Waals surface area contributed by atoms with Crippen LogP contribution >= 0.6 is 0 Å². The smallest absolute Gasteiger partial charge is 0.265 e. The molecule has 0 fully saturated rings. The van der Waals surface area contributed by atoms with Crippen molar-refractivity contribution >= 4 is 15.7 Å². The molecule has 0 aliphatic heterocycles. The van der Waals surface area contributed by atoms with Crippen molar-refractivity contribution in [1.82, 2.24) is 15.5 Å². The highest BCUT2D eigenvalue weighted by molar-refractivity contribution is 7.92. The number of furan rings is 1. The summed E-state index contributed by atoms with van der Waals surface area (Å²) in [4.78, 5) is 0.145. The topological polar surface area (TPSA) is 100 Å². The van der Waals surface area contributed by atoms with Crippen molar-refractivity contribution in [1.29, 1.82) is 0 Å². The third-order valence-corrected chi connectivity index (χ3v) is 4.18. The fourth-order valence-electron chi connectivity index (χ4n) is 1.78. The van der Waals surface area contributed by atoms with Crippen LogP contribution in [0.5, 0.6) is 0 Å². The van der Waals surface area contributed by atoms with Gasteiger partial charge in [0, 0.05) is 12.3 Å². The lowest BCUT2D eigenvalue weighted by atomic mass is 10.4. The van der Waals surface area contributed by atoms with Crippen LogP contribution in [-0.2, 0) is 16.6 Å². The predicted octanol–water partition coefficient (Wildman–Crippen LogP) is 1.61. The van der Waals surface area contributed by atoms with E-state index in [9.17, 15) is 8.42 Å². The van der Waals surface area contributed by atoms with Gasteiger partial charge in [-0.05, 0) is 19.9 Å². The molecule has 110 valence electrons. The summed E-state index contributed by atoms with van der Waals surface area (Å²) in [6, 6.07) is 1.54. The zero-order chi connectivity index (χ0) is 14.6. The SMILES string of the molecule is CCCNCc1cc(S(=O)(=O)Nc2cn[nH]c2)c(C)o1. The van der Waals surface area contributed by atoms with Crippen LogP contribution in [0.15, 0.2) is 27.8 Å². The second-order valence-electron chi connectivity index (χ2n) is 4.40. The van der Waals surface area contributed by atoms with Crippen molar-refractivity contribution in [2.75, 3.05) is 11.3 Å². The maximum atomic E-state index is 12.2. The Morgan fingerprint density at radius 2 is 2.25 bits per heavy atom. The first-order valence-electron chi connectivity index (χ1n) is 6.34. The summed E-state index contributed by atoms with van der Waals surface area (Å²) in [5.74, 6) is 0.970. The van der Waals surface area contributed by atoms with E-state index in [2.05, 4.69) is 27.2 Å². The second-order valence-corrected chi connectivity index (χ2v) is 6.05. The van der Waals surface area contributed by atoms with E-state index in [1.807, 2.05) is 0 Å². The quantitative estimate of drug-likeness (QED) is 0.674. The lowest BCUT2D eigenvalue weighted by Gasteiger charge is -2.03. The summed E-state index contributed by atoms with van der Waals surface area (Å²) in [5.41, 5.74) is 0.385. The van der Waals surface area contributed by atoms with Gasteiger partial charge in [-0.15, -0.1) is 0 Å². The minimum absolute atomic E-state index is 0.145. The predicted molar refractivity (Wildman–Crippen MR) is 74.8 cm³/mol. The maximum absolute atomic E-state index is 12.2. The molecule has 7 nitrogen and oxygen atoms in total. The van der Waals surface area contributed by atoms with Gasteiger partial charge in [0.05, 0.1) is 18.4 Å². The first kappa shape index (κ1) is 14.6. The second kappa shape index (κ2) is 6.10. The lowest BCUT2D eigenvalue weighted by Crippen LogP contribution is -2.14. The van der Waals surface area contributed by atoms with Crippen molar-refractivity contribution in [3.63, 3.8) is 0 Å². The summed E-state index contributed by atoms with van der Waals surface area (Å²) in [5, 5.41) is 9.40. The maximum Gasteiger partial charge on any atom is 0.265 e. The Labute approximate surface area is 117 Å². The zero-order valence-electron chi connectivity index (χ0n) is 11.4. The molecule has 0 bridgehead atoms. The molecule has 0 saturated heterocycles. The summed E-state index contributed by atoms with van der Waals surface area (Å²) in [6.45, 7) is 5.06. The summed E-state index contributed by atoms with van der Waals surface area (Å²) in [7, 11) is -3.66. The van der Waals surface area contributed by atoms with Gasteiger partial charge in [0.1, 0.15) is 16.4 Å². The van der Waals surface area contributed by atoms with Crippen LogP contribution in [0.4, 0.5) is 5.69 Å². The molecular weight excluding hydrogens is 280 g/mol. The number of aromatic amines is 1. The molecule has 20 heavy (non-hydrogen) atoms. The van der Waals surface area contributed by atoms with Crippen LogP contribution in [-0.4, -0.2) is 25.2 Å². The van der Waals surface area contributed by atoms with Crippen molar-refractivity contribution in [2.45, 2.75) is 31.7 Å². The Hall–Kier alpha value is -1.80. The first-order valence-corrected chi connectivity index (χ1v) is 7.83. The van der Waals surface area contributed by atoms with Crippen LogP contribution in [0.2, 0.25) is 0 Å². The van der Waals surface area contributed by atoms with E-state index in [0.29, 0.717) is 23.8 Å². The number of sulfonamides is 1. The van der Waals surface area contributed by atoms with E-state index < -0.39 is 10.0 Å². The largest absolute Gasteiger partial charge is 0.464 e. The number of aryl methyl sites for hydroxylation is 1. The molecule has 0 radical (unpaired) electrons. The van der Waals surface area contributed by atoms with Gasteiger partial charge in [0.25, 0.3) is 10.0 Å². The van der Waals surface area contributed by atoms with Gasteiger partial charge in [0.2, 0.25) is 0 Å². The van der Waals surface area contributed by atoms with E-state index in [0.717, 1.165) is 13.0 Å². The highest BCUT2D eigenvalue weighted by atomic mass is 32.2. The number of aromatic nitrogens is 2. The molecule has 0 saturated carbocycles.